The molecule has 1 aliphatic rings. The smallest absolute Gasteiger partial charge is 0.328 e. The summed E-state index contributed by atoms with van der Waals surface area (Å²) in [4.78, 5) is 27.3. The highest BCUT2D eigenvalue weighted by molar-refractivity contribution is 4.97. The third-order valence-electron chi connectivity index (χ3n) is 2.94. The largest absolute Gasteiger partial charge is 0.393 e. The molecule has 1 aromatic heterocycles. The van der Waals surface area contributed by atoms with Gasteiger partial charge in [-0.05, 0) is 18.4 Å². The molecule has 1 aliphatic carbocycles. The zero-order chi connectivity index (χ0) is 12.4. The molecule has 0 aromatic carbocycles. The summed E-state index contributed by atoms with van der Waals surface area (Å²) in [5.41, 5.74) is 7.38. The maximum absolute atomic E-state index is 11.6. The van der Waals surface area contributed by atoms with Crippen LogP contribution in [-0.2, 0) is 0 Å². The van der Waals surface area contributed by atoms with E-state index in [9.17, 15) is 14.7 Å². The molecule has 1 saturated carbocycles. The van der Waals surface area contributed by atoms with Crippen LogP contribution in [0, 0.1) is 0 Å². The Morgan fingerprint density at radius 3 is 2.94 bits per heavy atom. The fourth-order valence-electron chi connectivity index (χ4n) is 2.15. The second-order valence-electron chi connectivity index (χ2n) is 3.92. The molecule has 3 atom stereocenters. The maximum atomic E-state index is 11.6. The van der Waals surface area contributed by atoms with Crippen LogP contribution in [0.5, 0.6) is 0 Å². The first-order valence-electron chi connectivity index (χ1n) is 5.17. The summed E-state index contributed by atoms with van der Waals surface area (Å²) in [5.74, 6) is 0. The lowest BCUT2D eigenvalue weighted by molar-refractivity contribution is 0.156. The van der Waals surface area contributed by atoms with Gasteiger partial charge in [0.15, 0.2) is 0 Å². The van der Waals surface area contributed by atoms with Crippen molar-refractivity contribution in [1.29, 1.82) is 0 Å². The SMILES string of the molecule is [N-]=[N+]=N[C@H]1[C@H](n2ccc(=O)[nH]c2=O)CC[C@@H]1O. The minimum Gasteiger partial charge on any atom is -0.393 e. The third kappa shape index (κ3) is 2.08. The van der Waals surface area contributed by atoms with Gasteiger partial charge in [-0.3, -0.25) is 14.3 Å². The van der Waals surface area contributed by atoms with E-state index in [0.29, 0.717) is 12.8 Å². The molecule has 0 saturated heterocycles. The fraction of sp³-hybridized carbons (Fsp3) is 0.556. The molecule has 90 valence electrons. The third-order valence-corrected chi connectivity index (χ3v) is 2.94. The zero-order valence-corrected chi connectivity index (χ0v) is 8.85. The van der Waals surface area contributed by atoms with E-state index < -0.39 is 29.4 Å². The Labute approximate surface area is 95.2 Å². The topological polar surface area (TPSA) is 124 Å². The number of rotatable bonds is 2. The lowest BCUT2D eigenvalue weighted by atomic mass is 10.1. The predicted molar refractivity (Wildman–Crippen MR) is 58.5 cm³/mol. The van der Waals surface area contributed by atoms with Gasteiger partial charge in [0.2, 0.25) is 0 Å². The van der Waals surface area contributed by atoms with Crippen molar-refractivity contribution in [3.63, 3.8) is 0 Å². The van der Waals surface area contributed by atoms with Crippen molar-refractivity contribution in [2.24, 2.45) is 5.11 Å². The van der Waals surface area contributed by atoms with E-state index >= 15 is 0 Å². The van der Waals surface area contributed by atoms with Crippen LogP contribution < -0.4 is 11.2 Å². The second-order valence-corrected chi connectivity index (χ2v) is 3.92. The fourth-order valence-corrected chi connectivity index (χ4v) is 2.15. The molecule has 0 unspecified atom stereocenters. The Morgan fingerprint density at radius 1 is 1.53 bits per heavy atom. The van der Waals surface area contributed by atoms with Crippen molar-refractivity contribution in [3.8, 4) is 0 Å². The molecular formula is C9H11N5O3. The average Bonchev–Trinajstić information content (AvgIpc) is 2.62. The molecule has 1 heterocycles. The van der Waals surface area contributed by atoms with Gasteiger partial charge in [0, 0.05) is 23.2 Å². The predicted octanol–water partition coefficient (Wildman–Crippen LogP) is -0.0887. The van der Waals surface area contributed by atoms with Crippen LogP contribution in [0.1, 0.15) is 18.9 Å². The zero-order valence-electron chi connectivity index (χ0n) is 8.85. The lowest BCUT2D eigenvalue weighted by Crippen LogP contribution is -2.35. The van der Waals surface area contributed by atoms with Crippen LogP contribution in [-0.4, -0.2) is 26.8 Å². The monoisotopic (exact) mass is 237 g/mol. The quantitative estimate of drug-likeness (QED) is 0.424. The van der Waals surface area contributed by atoms with Gasteiger partial charge in [0.25, 0.3) is 5.56 Å². The number of aromatic nitrogens is 2. The number of H-pyrrole nitrogens is 1. The second kappa shape index (κ2) is 4.44. The number of hydrogen-bond donors (Lipinski definition) is 2. The van der Waals surface area contributed by atoms with Gasteiger partial charge in [0.1, 0.15) is 0 Å². The van der Waals surface area contributed by atoms with Crippen molar-refractivity contribution in [2.75, 3.05) is 0 Å². The van der Waals surface area contributed by atoms with Crippen molar-refractivity contribution < 1.29 is 5.11 Å². The number of nitrogens with zero attached hydrogens (tertiary/aromatic N) is 4. The van der Waals surface area contributed by atoms with Gasteiger partial charge in [-0.25, -0.2) is 4.79 Å². The molecule has 0 radical (unpaired) electrons. The lowest BCUT2D eigenvalue weighted by Gasteiger charge is -2.18. The molecule has 0 spiro atoms. The maximum Gasteiger partial charge on any atom is 0.328 e. The van der Waals surface area contributed by atoms with Crippen LogP contribution in [0.2, 0.25) is 0 Å². The molecule has 8 nitrogen and oxygen atoms in total. The molecule has 17 heavy (non-hydrogen) atoms. The van der Waals surface area contributed by atoms with Gasteiger partial charge in [-0.15, -0.1) is 0 Å². The van der Waals surface area contributed by atoms with Crippen molar-refractivity contribution in [2.45, 2.75) is 31.0 Å². The molecule has 8 heteroatoms. The molecular weight excluding hydrogens is 226 g/mol. The standard InChI is InChI=1S/C9H11N5O3/c10-13-12-8-5(1-2-6(8)15)14-4-3-7(16)11-9(14)17/h3-6,8,15H,1-2H2,(H,11,16,17)/t5-,6+,8+/m1/s1. The molecule has 0 aliphatic heterocycles. The van der Waals surface area contributed by atoms with E-state index in [4.69, 9.17) is 5.53 Å². The molecule has 2 rings (SSSR count). The van der Waals surface area contributed by atoms with E-state index in [-0.39, 0.29) is 0 Å². The van der Waals surface area contributed by atoms with Gasteiger partial charge in [-0.1, -0.05) is 5.11 Å². The van der Waals surface area contributed by atoms with Crippen LogP contribution in [0.4, 0.5) is 0 Å². The molecule has 2 N–H and O–H groups in total. The number of aromatic amines is 1. The highest BCUT2D eigenvalue weighted by atomic mass is 16.3. The Hall–Kier alpha value is -2.05. The average molecular weight is 237 g/mol. The van der Waals surface area contributed by atoms with Gasteiger partial charge < -0.3 is 5.11 Å². The number of azide groups is 1. The minimum absolute atomic E-state index is 0.412. The van der Waals surface area contributed by atoms with Crippen LogP contribution in [0.3, 0.4) is 0 Å². The summed E-state index contributed by atoms with van der Waals surface area (Å²) in [6, 6.07) is 0.132. The van der Waals surface area contributed by atoms with Crippen LogP contribution >= 0.6 is 0 Å². The van der Waals surface area contributed by atoms with Crippen molar-refractivity contribution in [1.82, 2.24) is 9.55 Å². The summed E-state index contributed by atoms with van der Waals surface area (Å²) in [6.07, 6.45) is 1.58. The van der Waals surface area contributed by atoms with E-state index in [1.807, 2.05) is 0 Å². The summed E-state index contributed by atoms with van der Waals surface area (Å²) >= 11 is 0. The van der Waals surface area contributed by atoms with Crippen LogP contribution in [0.15, 0.2) is 27.0 Å². The molecule has 1 fully saturated rings. The van der Waals surface area contributed by atoms with E-state index in [2.05, 4.69) is 15.0 Å². The van der Waals surface area contributed by atoms with Crippen molar-refractivity contribution in [3.05, 3.63) is 43.5 Å². The first-order chi connectivity index (χ1) is 8.13. The summed E-state index contributed by atoms with van der Waals surface area (Å²) in [7, 11) is 0. The number of nitrogens with one attached hydrogen (secondary N) is 1. The number of aliphatic hydroxyl groups is 1. The van der Waals surface area contributed by atoms with Crippen LogP contribution in [0.25, 0.3) is 10.4 Å². The summed E-state index contributed by atoms with van der Waals surface area (Å²) < 4.78 is 1.29. The Kier molecular flexibility index (Phi) is 2.99. The first-order valence-corrected chi connectivity index (χ1v) is 5.17. The first kappa shape index (κ1) is 11.4. The summed E-state index contributed by atoms with van der Waals surface area (Å²) in [6.45, 7) is 0. The Morgan fingerprint density at radius 2 is 2.29 bits per heavy atom. The van der Waals surface area contributed by atoms with E-state index in [1.165, 1.54) is 16.8 Å². The summed E-state index contributed by atoms with van der Waals surface area (Å²) in [5, 5.41) is 13.1. The van der Waals surface area contributed by atoms with Gasteiger partial charge in [-0.2, -0.15) is 0 Å². The van der Waals surface area contributed by atoms with E-state index in [0.717, 1.165) is 0 Å². The highest BCUT2D eigenvalue weighted by Gasteiger charge is 2.35. The molecule has 0 bridgehead atoms. The minimum atomic E-state index is -0.755. The molecule has 1 aromatic rings. The Balaban J connectivity index is 2.42. The Bertz CT molecular complexity index is 570. The normalized spacial score (nSPS) is 27.7. The number of aliphatic hydroxyl groups excluding tert-OH is 1. The highest BCUT2D eigenvalue weighted by Crippen LogP contribution is 2.31. The van der Waals surface area contributed by atoms with Gasteiger partial charge in [0.05, 0.1) is 12.1 Å². The number of hydrogen-bond acceptors (Lipinski definition) is 4. The van der Waals surface area contributed by atoms with Crippen molar-refractivity contribution >= 4 is 0 Å². The molecule has 0 amide bonds. The van der Waals surface area contributed by atoms with Gasteiger partial charge >= 0.3 is 5.69 Å². The van der Waals surface area contributed by atoms with E-state index in [1.54, 1.807) is 0 Å².